The first-order chi connectivity index (χ1) is 12.3. The molecule has 1 fully saturated rings. The minimum Gasteiger partial charge on any atom is -0.455 e. The SMILES string of the molecule is CC(=O)NC1CCCN(C(=O)COC(=O)C(C)Cc2cccc(F)c2)C1. The van der Waals surface area contributed by atoms with Crippen LogP contribution < -0.4 is 5.32 Å². The Labute approximate surface area is 152 Å². The summed E-state index contributed by atoms with van der Waals surface area (Å²) < 4.78 is 18.3. The van der Waals surface area contributed by atoms with Crippen molar-refractivity contribution in [2.75, 3.05) is 19.7 Å². The predicted octanol–water partition coefficient (Wildman–Crippen LogP) is 1.67. The van der Waals surface area contributed by atoms with Crippen molar-refractivity contribution in [3.8, 4) is 0 Å². The number of ether oxygens (including phenoxy) is 1. The lowest BCUT2D eigenvalue weighted by Gasteiger charge is -2.32. The van der Waals surface area contributed by atoms with Crippen molar-refractivity contribution in [3.63, 3.8) is 0 Å². The summed E-state index contributed by atoms with van der Waals surface area (Å²) in [4.78, 5) is 37.1. The Bertz CT molecular complexity index is 665. The second kappa shape index (κ2) is 9.31. The molecule has 1 saturated heterocycles. The molecule has 1 heterocycles. The second-order valence-electron chi connectivity index (χ2n) is 6.72. The van der Waals surface area contributed by atoms with Crippen LogP contribution in [0.1, 0.15) is 32.3 Å². The Morgan fingerprint density at radius 1 is 1.38 bits per heavy atom. The lowest BCUT2D eigenvalue weighted by atomic mass is 10.0. The van der Waals surface area contributed by atoms with Crippen LogP contribution in [0.25, 0.3) is 0 Å². The first-order valence-electron chi connectivity index (χ1n) is 8.81. The van der Waals surface area contributed by atoms with E-state index in [2.05, 4.69) is 5.32 Å². The summed E-state index contributed by atoms with van der Waals surface area (Å²) in [6, 6.07) is 6.00. The first-order valence-corrected chi connectivity index (χ1v) is 8.81. The molecule has 0 aromatic heterocycles. The van der Waals surface area contributed by atoms with E-state index in [0.717, 1.165) is 12.8 Å². The molecule has 0 radical (unpaired) electrons. The lowest BCUT2D eigenvalue weighted by molar-refractivity contribution is -0.155. The molecule has 1 N–H and O–H groups in total. The number of rotatable bonds is 6. The summed E-state index contributed by atoms with van der Waals surface area (Å²) in [5, 5.41) is 2.81. The first kappa shape index (κ1) is 19.9. The van der Waals surface area contributed by atoms with Gasteiger partial charge in [0.1, 0.15) is 5.82 Å². The van der Waals surface area contributed by atoms with Gasteiger partial charge in [-0.15, -0.1) is 0 Å². The Morgan fingerprint density at radius 2 is 2.15 bits per heavy atom. The maximum Gasteiger partial charge on any atom is 0.309 e. The number of carbonyl (C=O) groups excluding carboxylic acids is 3. The van der Waals surface area contributed by atoms with Crippen LogP contribution in [0.4, 0.5) is 4.39 Å². The van der Waals surface area contributed by atoms with Crippen LogP contribution in [-0.2, 0) is 25.5 Å². The maximum absolute atomic E-state index is 13.2. The predicted molar refractivity (Wildman–Crippen MR) is 93.6 cm³/mol. The van der Waals surface area contributed by atoms with Crippen LogP contribution in [0.3, 0.4) is 0 Å². The van der Waals surface area contributed by atoms with Gasteiger partial charge in [-0.3, -0.25) is 14.4 Å². The number of likely N-dealkylation sites (tertiary alicyclic amines) is 1. The monoisotopic (exact) mass is 364 g/mol. The van der Waals surface area contributed by atoms with Gasteiger partial charge in [-0.2, -0.15) is 0 Å². The number of hydrogen-bond acceptors (Lipinski definition) is 4. The van der Waals surface area contributed by atoms with Gasteiger partial charge < -0.3 is 15.0 Å². The average molecular weight is 364 g/mol. The van der Waals surface area contributed by atoms with E-state index in [1.807, 2.05) is 0 Å². The van der Waals surface area contributed by atoms with Gasteiger partial charge in [0.25, 0.3) is 5.91 Å². The molecule has 1 aliphatic rings. The van der Waals surface area contributed by atoms with Crippen LogP contribution in [-0.4, -0.2) is 48.4 Å². The van der Waals surface area contributed by atoms with Gasteiger partial charge in [0.2, 0.25) is 5.91 Å². The maximum atomic E-state index is 13.2. The summed E-state index contributed by atoms with van der Waals surface area (Å²) >= 11 is 0. The molecule has 26 heavy (non-hydrogen) atoms. The lowest BCUT2D eigenvalue weighted by Crippen LogP contribution is -2.50. The fourth-order valence-corrected chi connectivity index (χ4v) is 3.08. The molecule has 0 spiro atoms. The standard InChI is InChI=1S/C19H25FN2O4/c1-13(9-15-5-3-6-16(20)10-15)19(25)26-12-18(24)22-8-4-7-17(11-22)21-14(2)23/h3,5-6,10,13,17H,4,7-9,11-12H2,1-2H3,(H,21,23). The number of benzene rings is 1. The highest BCUT2D eigenvalue weighted by molar-refractivity contribution is 5.81. The number of amides is 2. The van der Waals surface area contributed by atoms with Crippen LogP contribution in [0.2, 0.25) is 0 Å². The zero-order valence-electron chi connectivity index (χ0n) is 15.2. The molecule has 0 saturated carbocycles. The number of halogens is 1. The van der Waals surface area contributed by atoms with Gasteiger partial charge in [-0.05, 0) is 37.0 Å². The Kier molecular flexibility index (Phi) is 7.12. The highest BCUT2D eigenvalue weighted by Crippen LogP contribution is 2.13. The van der Waals surface area contributed by atoms with E-state index >= 15 is 0 Å². The zero-order valence-corrected chi connectivity index (χ0v) is 15.2. The number of carbonyl (C=O) groups is 3. The van der Waals surface area contributed by atoms with Crippen molar-refractivity contribution in [1.82, 2.24) is 10.2 Å². The van der Waals surface area contributed by atoms with Crippen molar-refractivity contribution in [3.05, 3.63) is 35.6 Å². The summed E-state index contributed by atoms with van der Waals surface area (Å²) in [6.07, 6.45) is 1.97. The number of piperidine rings is 1. The normalized spacial score (nSPS) is 18.1. The molecule has 7 heteroatoms. The van der Waals surface area contributed by atoms with E-state index in [9.17, 15) is 18.8 Å². The minimum atomic E-state index is -0.488. The molecular formula is C19H25FN2O4. The van der Waals surface area contributed by atoms with Gasteiger partial charge in [0.05, 0.1) is 5.92 Å². The molecule has 2 unspecified atom stereocenters. The molecule has 0 aliphatic carbocycles. The van der Waals surface area contributed by atoms with E-state index in [1.165, 1.54) is 19.1 Å². The molecule has 2 rings (SSSR count). The van der Waals surface area contributed by atoms with E-state index in [1.54, 1.807) is 24.0 Å². The van der Waals surface area contributed by atoms with Crippen LogP contribution in [0.15, 0.2) is 24.3 Å². The Balaban J connectivity index is 1.78. The summed E-state index contributed by atoms with van der Waals surface area (Å²) in [7, 11) is 0. The molecular weight excluding hydrogens is 339 g/mol. The number of nitrogens with zero attached hydrogens (tertiary/aromatic N) is 1. The largest absolute Gasteiger partial charge is 0.455 e. The van der Waals surface area contributed by atoms with Gasteiger partial charge >= 0.3 is 5.97 Å². The fourth-order valence-electron chi connectivity index (χ4n) is 3.08. The topological polar surface area (TPSA) is 75.7 Å². The van der Waals surface area contributed by atoms with Crippen LogP contribution >= 0.6 is 0 Å². The number of hydrogen-bond donors (Lipinski definition) is 1. The van der Waals surface area contributed by atoms with Crippen LogP contribution in [0.5, 0.6) is 0 Å². The third-order valence-corrected chi connectivity index (χ3v) is 4.35. The average Bonchev–Trinajstić information content (AvgIpc) is 2.59. The van der Waals surface area contributed by atoms with Gasteiger partial charge in [-0.25, -0.2) is 4.39 Å². The fraction of sp³-hybridized carbons (Fsp3) is 0.526. The highest BCUT2D eigenvalue weighted by atomic mass is 19.1. The summed E-state index contributed by atoms with van der Waals surface area (Å²) in [6.45, 7) is 3.83. The third kappa shape index (κ3) is 6.13. The minimum absolute atomic E-state index is 0.0622. The molecule has 142 valence electrons. The number of nitrogens with one attached hydrogen (secondary N) is 1. The van der Waals surface area contributed by atoms with Crippen molar-refractivity contribution in [2.45, 2.75) is 39.2 Å². The van der Waals surface area contributed by atoms with E-state index in [4.69, 9.17) is 4.74 Å². The van der Waals surface area contributed by atoms with Gasteiger partial charge in [0.15, 0.2) is 6.61 Å². The number of esters is 1. The van der Waals surface area contributed by atoms with Crippen LogP contribution in [0, 0.1) is 11.7 Å². The molecule has 1 aliphatic heterocycles. The molecule has 1 aromatic carbocycles. The molecule has 0 bridgehead atoms. The highest BCUT2D eigenvalue weighted by Gasteiger charge is 2.25. The Hall–Kier alpha value is -2.44. The van der Waals surface area contributed by atoms with E-state index in [-0.39, 0.29) is 30.3 Å². The van der Waals surface area contributed by atoms with Gasteiger partial charge in [0, 0.05) is 26.1 Å². The molecule has 6 nitrogen and oxygen atoms in total. The van der Waals surface area contributed by atoms with E-state index in [0.29, 0.717) is 25.1 Å². The Morgan fingerprint density at radius 3 is 2.85 bits per heavy atom. The van der Waals surface area contributed by atoms with Crippen molar-refractivity contribution in [1.29, 1.82) is 0 Å². The third-order valence-electron chi connectivity index (χ3n) is 4.35. The van der Waals surface area contributed by atoms with Crippen molar-refractivity contribution >= 4 is 17.8 Å². The molecule has 2 atom stereocenters. The summed E-state index contributed by atoms with van der Waals surface area (Å²) in [5.74, 6) is -1.71. The zero-order chi connectivity index (χ0) is 19.1. The molecule has 1 aromatic rings. The smallest absolute Gasteiger partial charge is 0.309 e. The van der Waals surface area contributed by atoms with Crippen molar-refractivity contribution in [2.24, 2.45) is 5.92 Å². The summed E-state index contributed by atoms with van der Waals surface area (Å²) in [5.41, 5.74) is 0.704. The van der Waals surface area contributed by atoms with E-state index < -0.39 is 11.9 Å². The van der Waals surface area contributed by atoms with Gasteiger partial charge in [-0.1, -0.05) is 19.1 Å². The molecule has 2 amide bonds. The quantitative estimate of drug-likeness (QED) is 0.779. The van der Waals surface area contributed by atoms with Crippen molar-refractivity contribution < 1.29 is 23.5 Å². The second-order valence-corrected chi connectivity index (χ2v) is 6.72.